The van der Waals surface area contributed by atoms with Gasteiger partial charge in [0, 0.05) is 13.1 Å². The monoisotopic (exact) mass is 287 g/mol. The third kappa shape index (κ3) is 2.94. The molecule has 0 aromatic heterocycles. The molecule has 4 heteroatoms. The van der Waals surface area contributed by atoms with Crippen LogP contribution in [0.5, 0.6) is 0 Å². The first-order valence-electron chi connectivity index (χ1n) is 7.70. The quantitative estimate of drug-likeness (QED) is 0.923. The van der Waals surface area contributed by atoms with Gasteiger partial charge in [-0.2, -0.15) is 0 Å². The summed E-state index contributed by atoms with van der Waals surface area (Å²) in [5.41, 5.74) is 1.31. The van der Waals surface area contributed by atoms with Gasteiger partial charge in [-0.3, -0.25) is 9.59 Å². The van der Waals surface area contributed by atoms with Crippen molar-refractivity contribution in [3.05, 3.63) is 35.9 Å². The van der Waals surface area contributed by atoms with Gasteiger partial charge in [-0.1, -0.05) is 30.3 Å². The molecule has 4 nitrogen and oxygen atoms in total. The maximum Gasteiger partial charge on any atom is 0.307 e. The minimum atomic E-state index is -0.820. The molecule has 0 bridgehead atoms. The van der Waals surface area contributed by atoms with Crippen LogP contribution in [-0.4, -0.2) is 35.0 Å². The van der Waals surface area contributed by atoms with Crippen LogP contribution in [0.3, 0.4) is 0 Å². The SMILES string of the molecule is O=C(O)C1CCC1C(=O)N1CCC(Cc2ccccc2)C1. The summed E-state index contributed by atoms with van der Waals surface area (Å²) in [4.78, 5) is 25.3. The summed E-state index contributed by atoms with van der Waals surface area (Å²) in [5, 5.41) is 9.07. The molecule has 3 atom stereocenters. The van der Waals surface area contributed by atoms with Gasteiger partial charge in [0.15, 0.2) is 0 Å². The van der Waals surface area contributed by atoms with Crippen LogP contribution < -0.4 is 0 Å². The highest BCUT2D eigenvalue weighted by atomic mass is 16.4. The normalized spacial score (nSPS) is 28.2. The number of amides is 1. The summed E-state index contributed by atoms with van der Waals surface area (Å²) < 4.78 is 0. The summed E-state index contributed by atoms with van der Waals surface area (Å²) >= 11 is 0. The minimum Gasteiger partial charge on any atom is -0.481 e. The Balaban J connectivity index is 1.55. The molecule has 0 spiro atoms. The van der Waals surface area contributed by atoms with Crippen molar-refractivity contribution in [2.45, 2.75) is 25.7 Å². The zero-order chi connectivity index (χ0) is 14.8. The van der Waals surface area contributed by atoms with Gasteiger partial charge in [-0.15, -0.1) is 0 Å². The zero-order valence-corrected chi connectivity index (χ0v) is 12.1. The Morgan fingerprint density at radius 1 is 1.10 bits per heavy atom. The zero-order valence-electron chi connectivity index (χ0n) is 12.1. The van der Waals surface area contributed by atoms with Crippen LogP contribution in [-0.2, 0) is 16.0 Å². The second kappa shape index (κ2) is 5.88. The number of nitrogens with zero attached hydrogens (tertiary/aromatic N) is 1. The predicted octanol–water partition coefficient (Wildman–Crippen LogP) is 2.19. The molecule has 1 aromatic carbocycles. The number of hydrogen-bond donors (Lipinski definition) is 1. The second-order valence-corrected chi connectivity index (χ2v) is 6.26. The standard InChI is InChI=1S/C17H21NO3/c19-16(14-6-7-15(14)17(20)21)18-9-8-13(11-18)10-12-4-2-1-3-5-12/h1-5,13-15H,6-11H2,(H,20,21). The summed E-state index contributed by atoms with van der Waals surface area (Å²) in [6.45, 7) is 1.55. The highest BCUT2D eigenvalue weighted by Crippen LogP contribution is 2.37. The maximum atomic E-state index is 12.4. The fraction of sp³-hybridized carbons (Fsp3) is 0.529. The van der Waals surface area contributed by atoms with E-state index >= 15 is 0 Å². The smallest absolute Gasteiger partial charge is 0.307 e. The van der Waals surface area contributed by atoms with Crippen molar-refractivity contribution in [1.29, 1.82) is 0 Å². The Morgan fingerprint density at radius 3 is 2.43 bits per heavy atom. The summed E-state index contributed by atoms with van der Waals surface area (Å²) in [6.07, 6.45) is 3.39. The molecule has 21 heavy (non-hydrogen) atoms. The van der Waals surface area contributed by atoms with Crippen molar-refractivity contribution >= 4 is 11.9 Å². The van der Waals surface area contributed by atoms with E-state index in [1.807, 2.05) is 23.1 Å². The molecule has 1 N–H and O–H groups in total. The van der Waals surface area contributed by atoms with Gasteiger partial charge in [0.1, 0.15) is 0 Å². The Labute approximate surface area is 124 Å². The first-order chi connectivity index (χ1) is 10.1. The number of carboxylic acids is 1. The van der Waals surface area contributed by atoms with Crippen LogP contribution in [0.4, 0.5) is 0 Å². The molecule has 112 valence electrons. The van der Waals surface area contributed by atoms with E-state index in [2.05, 4.69) is 12.1 Å². The Hall–Kier alpha value is -1.84. The van der Waals surface area contributed by atoms with Crippen LogP contribution in [0, 0.1) is 17.8 Å². The van der Waals surface area contributed by atoms with Crippen LogP contribution >= 0.6 is 0 Å². The minimum absolute atomic E-state index is 0.0595. The highest BCUT2D eigenvalue weighted by Gasteiger charge is 2.44. The van der Waals surface area contributed by atoms with E-state index in [0.29, 0.717) is 12.3 Å². The van der Waals surface area contributed by atoms with Crippen molar-refractivity contribution in [2.24, 2.45) is 17.8 Å². The molecule has 1 saturated heterocycles. The van der Waals surface area contributed by atoms with Gasteiger partial charge in [0.25, 0.3) is 0 Å². The van der Waals surface area contributed by atoms with Gasteiger partial charge in [0.2, 0.25) is 5.91 Å². The van der Waals surface area contributed by atoms with Crippen molar-refractivity contribution in [3.8, 4) is 0 Å². The number of carbonyl (C=O) groups excluding carboxylic acids is 1. The first-order valence-corrected chi connectivity index (χ1v) is 7.70. The second-order valence-electron chi connectivity index (χ2n) is 6.26. The Bertz CT molecular complexity index is 528. The number of likely N-dealkylation sites (tertiary alicyclic amines) is 1. The fourth-order valence-corrected chi connectivity index (χ4v) is 3.47. The van der Waals surface area contributed by atoms with E-state index in [9.17, 15) is 9.59 Å². The van der Waals surface area contributed by atoms with Crippen LogP contribution in [0.1, 0.15) is 24.8 Å². The van der Waals surface area contributed by atoms with E-state index in [1.54, 1.807) is 0 Å². The number of carbonyl (C=O) groups is 2. The molecule has 3 rings (SSSR count). The van der Waals surface area contributed by atoms with Crippen LogP contribution in [0.15, 0.2) is 30.3 Å². The largest absolute Gasteiger partial charge is 0.481 e. The third-order valence-corrected chi connectivity index (χ3v) is 4.87. The van der Waals surface area contributed by atoms with Crippen molar-refractivity contribution < 1.29 is 14.7 Å². The van der Waals surface area contributed by atoms with Crippen molar-refractivity contribution in [3.63, 3.8) is 0 Å². The predicted molar refractivity (Wildman–Crippen MR) is 78.7 cm³/mol. The molecule has 3 unspecified atom stereocenters. The lowest BCUT2D eigenvalue weighted by atomic mass is 9.73. The van der Waals surface area contributed by atoms with Gasteiger partial charge in [0.05, 0.1) is 11.8 Å². The molecule has 1 aliphatic carbocycles. The van der Waals surface area contributed by atoms with Crippen molar-refractivity contribution in [2.75, 3.05) is 13.1 Å². The van der Waals surface area contributed by atoms with E-state index < -0.39 is 11.9 Å². The Morgan fingerprint density at radius 2 is 1.81 bits per heavy atom. The van der Waals surface area contributed by atoms with Crippen LogP contribution in [0.2, 0.25) is 0 Å². The lowest BCUT2D eigenvalue weighted by Gasteiger charge is -2.35. The number of hydrogen-bond acceptors (Lipinski definition) is 2. The molecular weight excluding hydrogens is 266 g/mol. The van der Waals surface area contributed by atoms with Gasteiger partial charge in [-0.25, -0.2) is 0 Å². The molecule has 2 fully saturated rings. The van der Waals surface area contributed by atoms with E-state index in [-0.39, 0.29) is 11.8 Å². The summed E-state index contributed by atoms with van der Waals surface area (Å²) in [6, 6.07) is 10.3. The molecule has 1 heterocycles. The third-order valence-electron chi connectivity index (χ3n) is 4.87. The molecule has 1 amide bonds. The molecule has 1 aromatic rings. The highest BCUT2D eigenvalue weighted by molar-refractivity contribution is 5.86. The van der Waals surface area contributed by atoms with Crippen molar-refractivity contribution in [1.82, 2.24) is 4.90 Å². The topological polar surface area (TPSA) is 57.6 Å². The lowest BCUT2D eigenvalue weighted by molar-refractivity contribution is -0.156. The van der Waals surface area contributed by atoms with Gasteiger partial charge < -0.3 is 10.0 Å². The number of rotatable bonds is 4. The van der Waals surface area contributed by atoms with E-state index in [0.717, 1.165) is 32.4 Å². The molecule has 1 saturated carbocycles. The fourth-order valence-electron chi connectivity index (χ4n) is 3.47. The molecule has 0 radical (unpaired) electrons. The Kier molecular flexibility index (Phi) is 3.95. The van der Waals surface area contributed by atoms with Crippen LogP contribution in [0.25, 0.3) is 0 Å². The number of aliphatic carboxylic acids is 1. The van der Waals surface area contributed by atoms with E-state index in [1.165, 1.54) is 5.56 Å². The molecular formula is C17H21NO3. The first kappa shape index (κ1) is 14.1. The summed E-state index contributed by atoms with van der Waals surface area (Å²) in [5.74, 6) is -0.993. The summed E-state index contributed by atoms with van der Waals surface area (Å²) in [7, 11) is 0. The van der Waals surface area contributed by atoms with Gasteiger partial charge in [-0.05, 0) is 37.2 Å². The number of benzene rings is 1. The molecule has 2 aliphatic rings. The lowest BCUT2D eigenvalue weighted by Crippen LogP contribution is -2.45. The maximum absolute atomic E-state index is 12.4. The molecule has 1 aliphatic heterocycles. The van der Waals surface area contributed by atoms with Gasteiger partial charge >= 0.3 is 5.97 Å². The average Bonchev–Trinajstić information content (AvgIpc) is 2.86. The van der Waals surface area contributed by atoms with E-state index in [4.69, 9.17) is 5.11 Å². The average molecular weight is 287 g/mol. The number of carboxylic acid groups (broad SMARTS) is 1.